The first-order chi connectivity index (χ1) is 9.20. The molecule has 0 saturated carbocycles. The molecule has 2 nitrogen and oxygen atoms in total. The number of pyridine rings is 1. The monoisotopic (exact) mass is 336 g/mol. The van der Waals surface area contributed by atoms with Crippen LogP contribution in [-0.2, 0) is 0 Å². The Labute approximate surface area is 127 Å². The van der Waals surface area contributed by atoms with Crippen molar-refractivity contribution in [3.63, 3.8) is 0 Å². The molecule has 0 radical (unpaired) electrons. The quantitative estimate of drug-likeness (QED) is 0.828. The number of aromatic nitrogens is 1. The zero-order chi connectivity index (χ0) is 13.7. The normalized spacial score (nSPS) is 12.4. The van der Waals surface area contributed by atoms with Crippen LogP contribution in [0.15, 0.2) is 52.1 Å². The fraction of sp³-hybridized carbons (Fsp3) is 0.267. The van der Waals surface area contributed by atoms with Crippen LogP contribution in [0.25, 0.3) is 0 Å². The molecule has 1 aromatic carbocycles. The third-order valence-electron chi connectivity index (χ3n) is 2.94. The summed E-state index contributed by atoms with van der Waals surface area (Å²) in [4.78, 5) is 4.38. The van der Waals surface area contributed by atoms with Gasteiger partial charge >= 0.3 is 0 Å². The van der Waals surface area contributed by atoms with Crippen molar-refractivity contribution in [3.8, 4) is 0 Å². The fourth-order valence-corrected chi connectivity index (χ4v) is 3.41. The van der Waals surface area contributed by atoms with Crippen molar-refractivity contribution in [2.75, 3.05) is 12.8 Å². The Kier molecular flexibility index (Phi) is 5.43. The predicted molar refractivity (Wildman–Crippen MR) is 85.6 cm³/mol. The van der Waals surface area contributed by atoms with Crippen LogP contribution < -0.4 is 5.32 Å². The molecule has 0 bridgehead atoms. The van der Waals surface area contributed by atoms with Crippen LogP contribution in [-0.4, -0.2) is 17.8 Å². The van der Waals surface area contributed by atoms with Crippen molar-refractivity contribution in [3.05, 3.63) is 58.2 Å². The van der Waals surface area contributed by atoms with Gasteiger partial charge in [-0.15, -0.1) is 11.8 Å². The van der Waals surface area contributed by atoms with Crippen LogP contribution in [0, 0.1) is 6.92 Å². The van der Waals surface area contributed by atoms with Gasteiger partial charge in [-0.25, -0.2) is 4.98 Å². The second-order valence-corrected chi connectivity index (χ2v) is 6.22. The minimum absolute atomic E-state index is 0.333. The van der Waals surface area contributed by atoms with Crippen molar-refractivity contribution in [2.24, 2.45) is 0 Å². The average molecular weight is 337 g/mol. The lowest BCUT2D eigenvalue weighted by molar-refractivity contribution is 0.661. The summed E-state index contributed by atoms with van der Waals surface area (Å²) < 4.78 is 1.05. The highest BCUT2D eigenvalue weighted by Gasteiger charge is 2.11. The van der Waals surface area contributed by atoms with Gasteiger partial charge in [-0.1, -0.05) is 29.8 Å². The van der Waals surface area contributed by atoms with Crippen LogP contribution >= 0.6 is 27.7 Å². The third kappa shape index (κ3) is 4.06. The Hall–Kier alpha value is -0.840. The van der Waals surface area contributed by atoms with E-state index in [0.717, 1.165) is 15.3 Å². The number of thioether (sulfide) groups is 1. The maximum Gasteiger partial charge on any atom is 0.110 e. The van der Waals surface area contributed by atoms with E-state index < -0.39 is 0 Å². The zero-order valence-electron chi connectivity index (χ0n) is 11.1. The van der Waals surface area contributed by atoms with E-state index in [1.165, 1.54) is 11.1 Å². The molecular formula is C15H17BrN2S. The maximum atomic E-state index is 4.38. The van der Waals surface area contributed by atoms with Gasteiger partial charge in [0.15, 0.2) is 0 Å². The molecular weight excluding hydrogens is 320 g/mol. The maximum absolute atomic E-state index is 4.38. The summed E-state index contributed by atoms with van der Waals surface area (Å²) in [6.45, 7) is 2.11. The Balaban J connectivity index is 2.04. The van der Waals surface area contributed by atoms with Crippen molar-refractivity contribution in [1.82, 2.24) is 10.3 Å². The van der Waals surface area contributed by atoms with E-state index in [-0.39, 0.29) is 0 Å². The van der Waals surface area contributed by atoms with Crippen LogP contribution in [0.4, 0.5) is 0 Å². The number of aryl methyl sites for hydroxylation is 1. The molecule has 4 heteroatoms. The fourth-order valence-electron chi connectivity index (χ4n) is 1.78. The summed E-state index contributed by atoms with van der Waals surface area (Å²) in [6, 6.07) is 13.0. The lowest BCUT2D eigenvalue weighted by Crippen LogP contribution is -2.18. The summed E-state index contributed by atoms with van der Waals surface area (Å²) >= 11 is 5.29. The van der Waals surface area contributed by atoms with Crippen molar-refractivity contribution >= 4 is 27.7 Å². The van der Waals surface area contributed by atoms with Gasteiger partial charge in [-0.05, 0) is 47.6 Å². The highest BCUT2D eigenvalue weighted by atomic mass is 79.9. The molecule has 1 heterocycles. The molecule has 0 saturated heterocycles. The second-order valence-electron chi connectivity index (χ2n) is 4.35. The van der Waals surface area contributed by atoms with Gasteiger partial charge in [0, 0.05) is 22.5 Å². The summed E-state index contributed by atoms with van der Waals surface area (Å²) in [5, 5.41) is 4.40. The molecule has 1 unspecified atom stereocenters. The Morgan fingerprint density at radius 1 is 1.26 bits per heavy atom. The Morgan fingerprint density at radius 3 is 2.63 bits per heavy atom. The molecule has 2 aromatic rings. The summed E-state index contributed by atoms with van der Waals surface area (Å²) in [7, 11) is 2.00. The van der Waals surface area contributed by atoms with E-state index in [9.17, 15) is 0 Å². The molecule has 1 atom stereocenters. The highest BCUT2D eigenvalue weighted by molar-refractivity contribution is 9.10. The minimum atomic E-state index is 0.333. The van der Waals surface area contributed by atoms with Crippen molar-refractivity contribution in [1.29, 1.82) is 0 Å². The number of hydrogen-bond acceptors (Lipinski definition) is 3. The van der Waals surface area contributed by atoms with E-state index in [0.29, 0.717) is 6.04 Å². The molecule has 0 aliphatic heterocycles. The first-order valence-electron chi connectivity index (χ1n) is 6.18. The Bertz CT molecular complexity index is 528. The van der Waals surface area contributed by atoms with E-state index >= 15 is 0 Å². The molecule has 100 valence electrons. The molecule has 0 spiro atoms. The van der Waals surface area contributed by atoms with Crippen LogP contribution in [0.3, 0.4) is 0 Å². The predicted octanol–water partition coefficient (Wildman–Crippen LogP) is 4.21. The number of rotatable bonds is 5. The molecule has 0 amide bonds. The first-order valence-corrected chi connectivity index (χ1v) is 7.95. The molecule has 1 aromatic heterocycles. The second kappa shape index (κ2) is 7.08. The summed E-state index contributed by atoms with van der Waals surface area (Å²) in [6.07, 6.45) is 1.83. The van der Waals surface area contributed by atoms with Crippen LogP contribution in [0.5, 0.6) is 0 Å². The number of nitrogens with one attached hydrogen (secondary N) is 1. The molecule has 0 aliphatic carbocycles. The first kappa shape index (κ1) is 14.6. The lowest BCUT2D eigenvalue weighted by Gasteiger charge is -2.16. The van der Waals surface area contributed by atoms with Gasteiger partial charge in [0.05, 0.1) is 0 Å². The van der Waals surface area contributed by atoms with Gasteiger partial charge in [0.1, 0.15) is 5.03 Å². The number of hydrogen-bond donors (Lipinski definition) is 1. The minimum Gasteiger partial charge on any atom is -0.312 e. The summed E-state index contributed by atoms with van der Waals surface area (Å²) in [5.74, 6) is 0.954. The van der Waals surface area contributed by atoms with Crippen LogP contribution in [0.1, 0.15) is 17.2 Å². The van der Waals surface area contributed by atoms with Crippen LogP contribution in [0.2, 0.25) is 0 Å². The van der Waals surface area contributed by atoms with E-state index in [1.54, 1.807) is 11.8 Å². The lowest BCUT2D eigenvalue weighted by atomic mass is 10.1. The van der Waals surface area contributed by atoms with Crippen molar-refractivity contribution < 1.29 is 0 Å². The van der Waals surface area contributed by atoms with Gasteiger partial charge in [0.25, 0.3) is 0 Å². The van der Waals surface area contributed by atoms with E-state index in [2.05, 4.69) is 57.4 Å². The molecule has 1 N–H and O–H groups in total. The zero-order valence-corrected chi connectivity index (χ0v) is 13.5. The SMILES string of the molecule is CNC(CSc1ncccc1Br)c1ccc(C)cc1. The van der Waals surface area contributed by atoms with E-state index in [4.69, 9.17) is 0 Å². The van der Waals surface area contributed by atoms with Gasteiger partial charge in [0.2, 0.25) is 0 Å². The summed E-state index contributed by atoms with van der Waals surface area (Å²) in [5.41, 5.74) is 2.60. The number of nitrogens with zero attached hydrogens (tertiary/aromatic N) is 1. The molecule has 2 rings (SSSR count). The smallest absolute Gasteiger partial charge is 0.110 e. The topological polar surface area (TPSA) is 24.9 Å². The average Bonchev–Trinajstić information content (AvgIpc) is 2.43. The molecule has 0 fully saturated rings. The number of benzene rings is 1. The van der Waals surface area contributed by atoms with Gasteiger partial charge in [-0.3, -0.25) is 0 Å². The standard InChI is InChI=1S/C15H17BrN2S/c1-11-5-7-12(8-6-11)14(17-2)10-19-15-13(16)4-3-9-18-15/h3-9,14,17H,10H2,1-2H3. The van der Waals surface area contributed by atoms with Gasteiger partial charge in [-0.2, -0.15) is 0 Å². The van der Waals surface area contributed by atoms with Gasteiger partial charge < -0.3 is 5.32 Å². The molecule has 19 heavy (non-hydrogen) atoms. The Morgan fingerprint density at radius 2 is 2.00 bits per heavy atom. The largest absolute Gasteiger partial charge is 0.312 e. The highest BCUT2D eigenvalue weighted by Crippen LogP contribution is 2.28. The van der Waals surface area contributed by atoms with E-state index in [1.807, 2.05) is 25.4 Å². The van der Waals surface area contributed by atoms with Crippen molar-refractivity contribution in [2.45, 2.75) is 18.0 Å². The molecule has 0 aliphatic rings. The third-order valence-corrected chi connectivity index (χ3v) is 4.94. The number of halogens is 1.